The zero-order valence-corrected chi connectivity index (χ0v) is 12.2. The van der Waals surface area contributed by atoms with Crippen LogP contribution in [0.4, 0.5) is 22.0 Å². The van der Waals surface area contributed by atoms with Crippen LogP contribution in [0.2, 0.25) is 0 Å². The maximum Gasteiger partial charge on any atom is 0.441 e. The quantitative estimate of drug-likeness (QED) is 0.609. The van der Waals surface area contributed by atoms with Crippen LogP contribution in [0.15, 0.2) is 12.1 Å². The number of nitrogens with two attached hydrogens (primary N) is 1. The third-order valence-electron chi connectivity index (χ3n) is 2.68. The van der Waals surface area contributed by atoms with Crippen molar-refractivity contribution in [3.63, 3.8) is 0 Å². The van der Waals surface area contributed by atoms with Gasteiger partial charge in [0.25, 0.3) is 0 Å². The topological polar surface area (TPSA) is 35.2 Å². The van der Waals surface area contributed by atoms with Crippen LogP contribution in [-0.4, -0.2) is 23.9 Å². The van der Waals surface area contributed by atoms with Gasteiger partial charge in [0.1, 0.15) is 0 Å². The van der Waals surface area contributed by atoms with Gasteiger partial charge in [-0.1, -0.05) is 6.92 Å². The molecule has 0 saturated heterocycles. The van der Waals surface area contributed by atoms with Crippen LogP contribution in [-0.2, 0) is 6.42 Å². The Morgan fingerprint density at radius 2 is 1.81 bits per heavy atom. The Kier molecular flexibility index (Phi) is 6.73. The Morgan fingerprint density at radius 1 is 1.24 bits per heavy atom. The maximum absolute atomic E-state index is 13.7. The highest BCUT2D eigenvalue weighted by Gasteiger charge is 2.27. The fraction of sp³-hybridized carbons (Fsp3) is 0.538. The first kappa shape index (κ1) is 18.0. The second kappa shape index (κ2) is 7.84. The zero-order chi connectivity index (χ0) is 16.0. The fourth-order valence-electron chi connectivity index (χ4n) is 1.62. The van der Waals surface area contributed by atoms with Gasteiger partial charge in [-0.05, 0) is 42.3 Å². The molecule has 0 amide bonds. The molecule has 2 nitrogen and oxygen atoms in total. The number of halogens is 5. The SMILES string of the molecule is CCC(N)Cc1cc(F)c(OCCSC(F)(F)F)c(F)c1. The highest BCUT2D eigenvalue weighted by molar-refractivity contribution is 8.00. The number of hydrogen-bond acceptors (Lipinski definition) is 3. The van der Waals surface area contributed by atoms with E-state index in [1.165, 1.54) is 0 Å². The van der Waals surface area contributed by atoms with Crippen molar-refractivity contribution in [3.8, 4) is 5.75 Å². The van der Waals surface area contributed by atoms with Crippen LogP contribution in [0.1, 0.15) is 18.9 Å². The Hall–Kier alpha value is -1.02. The Balaban J connectivity index is 2.63. The second-order valence-electron chi connectivity index (χ2n) is 4.40. The van der Waals surface area contributed by atoms with Crippen LogP contribution >= 0.6 is 11.8 Å². The van der Waals surface area contributed by atoms with Crippen molar-refractivity contribution < 1.29 is 26.7 Å². The van der Waals surface area contributed by atoms with Crippen molar-refractivity contribution in [2.45, 2.75) is 31.3 Å². The lowest BCUT2D eigenvalue weighted by Gasteiger charge is -2.12. The van der Waals surface area contributed by atoms with E-state index in [1.54, 1.807) is 0 Å². The smallest absolute Gasteiger partial charge is 0.441 e. The first-order valence-corrected chi connectivity index (χ1v) is 7.28. The van der Waals surface area contributed by atoms with E-state index in [4.69, 9.17) is 10.5 Å². The lowest BCUT2D eigenvalue weighted by Crippen LogP contribution is -2.21. The molecule has 0 bridgehead atoms. The summed E-state index contributed by atoms with van der Waals surface area (Å²) in [5.74, 6) is -2.98. The maximum atomic E-state index is 13.7. The highest BCUT2D eigenvalue weighted by atomic mass is 32.2. The molecular weight excluding hydrogens is 313 g/mol. The molecule has 8 heteroatoms. The molecule has 21 heavy (non-hydrogen) atoms. The van der Waals surface area contributed by atoms with E-state index >= 15 is 0 Å². The molecule has 0 aliphatic rings. The molecule has 1 atom stereocenters. The average molecular weight is 329 g/mol. The molecule has 2 N–H and O–H groups in total. The summed E-state index contributed by atoms with van der Waals surface area (Å²) in [4.78, 5) is 0. The number of benzene rings is 1. The van der Waals surface area contributed by atoms with Gasteiger partial charge < -0.3 is 10.5 Å². The summed E-state index contributed by atoms with van der Waals surface area (Å²) in [6.07, 6.45) is 0.977. The van der Waals surface area contributed by atoms with Crippen molar-refractivity contribution in [2.24, 2.45) is 5.73 Å². The lowest BCUT2D eigenvalue weighted by molar-refractivity contribution is -0.0329. The molecule has 1 aromatic carbocycles. The Morgan fingerprint density at radius 3 is 2.29 bits per heavy atom. The monoisotopic (exact) mass is 329 g/mol. The lowest BCUT2D eigenvalue weighted by atomic mass is 10.0. The van der Waals surface area contributed by atoms with E-state index in [0.29, 0.717) is 18.4 Å². The van der Waals surface area contributed by atoms with Gasteiger partial charge in [-0.25, -0.2) is 8.78 Å². The molecule has 0 saturated carbocycles. The van der Waals surface area contributed by atoms with Crippen LogP contribution < -0.4 is 10.5 Å². The molecule has 1 rings (SSSR count). The summed E-state index contributed by atoms with van der Waals surface area (Å²) < 4.78 is 67.8. The first-order valence-electron chi connectivity index (χ1n) is 6.30. The predicted molar refractivity (Wildman–Crippen MR) is 72.3 cm³/mol. The number of thioether (sulfide) groups is 1. The van der Waals surface area contributed by atoms with Gasteiger partial charge in [-0.2, -0.15) is 13.2 Å². The van der Waals surface area contributed by atoms with E-state index in [9.17, 15) is 22.0 Å². The molecule has 0 fully saturated rings. The molecule has 120 valence electrons. The normalized spacial score (nSPS) is 13.3. The van der Waals surface area contributed by atoms with Gasteiger partial charge in [0, 0.05) is 11.8 Å². The van der Waals surface area contributed by atoms with Gasteiger partial charge in [0.05, 0.1) is 6.61 Å². The minimum atomic E-state index is -4.39. The van der Waals surface area contributed by atoms with Crippen molar-refractivity contribution in [1.82, 2.24) is 0 Å². The van der Waals surface area contributed by atoms with Crippen LogP contribution in [0.25, 0.3) is 0 Å². The summed E-state index contributed by atoms with van der Waals surface area (Å²) >= 11 is -0.307. The molecule has 0 heterocycles. The van der Waals surface area contributed by atoms with Gasteiger partial charge in [0.2, 0.25) is 0 Å². The summed E-state index contributed by atoms with van der Waals surface area (Å²) in [5.41, 5.74) is 1.69. The van der Waals surface area contributed by atoms with Gasteiger partial charge in [-0.3, -0.25) is 0 Å². The number of ether oxygens (including phenoxy) is 1. The average Bonchev–Trinajstić information content (AvgIpc) is 2.35. The first-order chi connectivity index (χ1) is 9.73. The van der Waals surface area contributed by atoms with Crippen molar-refractivity contribution in [1.29, 1.82) is 0 Å². The molecule has 0 aliphatic heterocycles. The third kappa shape index (κ3) is 6.52. The van der Waals surface area contributed by atoms with Gasteiger partial charge >= 0.3 is 5.51 Å². The fourth-order valence-corrected chi connectivity index (χ4v) is 2.01. The number of hydrogen-bond donors (Lipinski definition) is 1. The molecule has 0 aliphatic carbocycles. The molecule has 0 spiro atoms. The minimum absolute atomic E-state index is 0.209. The summed E-state index contributed by atoms with van der Waals surface area (Å²) in [5, 5.41) is 0. The second-order valence-corrected chi connectivity index (χ2v) is 5.56. The van der Waals surface area contributed by atoms with E-state index in [1.807, 2.05) is 6.92 Å². The van der Waals surface area contributed by atoms with E-state index in [2.05, 4.69) is 0 Å². The van der Waals surface area contributed by atoms with E-state index in [-0.39, 0.29) is 17.8 Å². The summed E-state index contributed by atoms with van der Waals surface area (Å²) in [7, 11) is 0. The molecule has 0 aromatic heterocycles. The number of alkyl halides is 3. The number of rotatable bonds is 7. The zero-order valence-electron chi connectivity index (χ0n) is 11.3. The Bertz CT molecular complexity index is 443. The van der Waals surface area contributed by atoms with Gasteiger partial charge in [-0.15, -0.1) is 0 Å². The highest BCUT2D eigenvalue weighted by Crippen LogP contribution is 2.30. The third-order valence-corrected chi connectivity index (χ3v) is 3.37. The van der Waals surface area contributed by atoms with Crippen molar-refractivity contribution in [2.75, 3.05) is 12.4 Å². The van der Waals surface area contributed by atoms with Crippen LogP contribution in [0.5, 0.6) is 5.75 Å². The summed E-state index contributed by atoms with van der Waals surface area (Å²) in [6, 6.07) is 1.97. The van der Waals surface area contributed by atoms with Crippen molar-refractivity contribution in [3.05, 3.63) is 29.3 Å². The van der Waals surface area contributed by atoms with E-state index in [0.717, 1.165) is 12.1 Å². The van der Waals surface area contributed by atoms with Gasteiger partial charge in [0.15, 0.2) is 17.4 Å². The predicted octanol–water partition coefficient (Wildman–Crippen LogP) is 3.88. The molecule has 1 unspecified atom stereocenters. The molecule has 1 aromatic rings. The van der Waals surface area contributed by atoms with E-state index < -0.39 is 35.3 Å². The molecular formula is C13H16F5NOS. The van der Waals surface area contributed by atoms with Crippen LogP contribution in [0.3, 0.4) is 0 Å². The standard InChI is InChI=1S/C13H16F5NOS/c1-2-9(19)5-8-6-10(14)12(11(15)7-8)20-3-4-21-13(16,17)18/h6-7,9H,2-5,19H2,1H3. The Labute approximate surface area is 123 Å². The molecule has 0 radical (unpaired) electrons. The van der Waals surface area contributed by atoms with Crippen LogP contribution in [0, 0.1) is 11.6 Å². The summed E-state index contributed by atoms with van der Waals surface area (Å²) in [6.45, 7) is 1.42. The minimum Gasteiger partial charge on any atom is -0.487 e. The van der Waals surface area contributed by atoms with Crippen molar-refractivity contribution >= 4 is 11.8 Å². The largest absolute Gasteiger partial charge is 0.487 e.